The summed E-state index contributed by atoms with van der Waals surface area (Å²) in [7, 11) is 0. The average Bonchev–Trinajstić information content (AvgIpc) is 2.68. The van der Waals surface area contributed by atoms with E-state index in [4.69, 9.17) is 14.5 Å². The van der Waals surface area contributed by atoms with Crippen molar-refractivity contribution in [3.05, 3.63) is 29.8 Å². The van der Waals surface area contributed by atoms with Crippen molar-refractivity contribution < 1.29 is 9.47 Å². The van der Waals surface area contributed by atoms with Gasteiger partial charge in [0.05, 0.1) is 25.9 Å². The lowest BCUT2D eigenvalue weighted by Gasteiger charge is -2.41. The second-order valence-corrected chi connectivity index (χ2v) is 8.24. The number of hydrogen-bond donors (Lipinski definition) is 2. The Hall–Kier alpha value is -1.06. The molecular weight excluding hydrogens is 479 g/mol. The van der Waals surface area contributed by atoms with Crippen LogP contribution in [-0.4, -0.2) is 61.9 Å². The van der Waals surface area contributed by atoms with Crippen molar-refractivity contribution in [1.82, 2.24) is 15.5 Å². The number of aliphatic imine (C=N–C) groups is 1. The molecule has 1 heterocycles. The van der Waals surface area contributed by atoms with Gasteiger partial charge in [-0.2, -0.15) is 0 Å². The molecular formula is C22H37IN4O2. The van der Waals surface area contributed by atoms with Gasteiger partial charge in [0.25, 0.3) is 0 Å². The Bertz CT molecular complexity index is 643. The zero-order valence-corrected chi connectivity index (χ0v) is 20.4. The molecule has 1 aromatic rings. The number of nitrogens with zero attached hydrogens (tertiary/aromatic N) is 2. The molecule has 1 saturated carbocycles. The number of guanidine groups is 1. The molecule has 2 fully saturated rings. The minimum Gasteiger partial charge on any atom is -0.490 e. The van der Waals surface area contributed by atoms with Crippen LogP contribution in [0.15, 0.2) is 29.3 Å². The predicted octanol–water partition coefficient (Wildman–Crippen LogP) is 3.40. The normalized spacial score (nSPS) is 18.5. The Labute approximate surface area is 192 Å². The van der Waals surface area contributed by atoms with Crippen LogP contribution < -0.4 is 15.4 Å². The fraction of sp³-hybridized carbons (Fsp3) is 0.682. The molecule has 2 N–H and O–H groups in total. The van der Waals surface area contributed by atoms with Crippen molar-refractivity contribution in [2.75, 3.05) is 39.4 Å². The van der Waals surface area contributed by atoms with Crippen molar-refractivity contribution in [3.63, 3.8) is 0 Å². The minimum absolute atomic E-state index is 0. The fourth-order valence-electron chi connectivity index (χ4n) is 3.50. The van der Waals surface area contributed by atoms with Crippen LogP contribution in [0, 0.1) is 0 Å². The first-order chi connectivity index (χ1) is 13.6. The lowest BCUT2D eigenvalue weighted by Crippen LogP contribution is -2.56. The van der Waals surface area contributed by atoms with Gasteiger partial charge in [0, 0.05) is 37.3 Å². The summed E-state index contributed by atoms with van der Waals surface area (Å²) in [4.78, 5) is 7.30. The summed E-state index contributed by atoms with van der Waals surface area (Å²) in [5.41, 5.74) is 1.18. The van der Waals surface area contributed by atoms with Gasteiger partial charge < -0.3 is 20.1 Å². The molecule has 0 atom stereocenters. The quantitative estimate of drug-likeness (QED) is 0.315. The SMILES string of the molecule is CCNC(=NCc1ccccc1OC1CCC1)NCC(C)(C)N1CCOCC1.I. The summed E-state index contributed by atoms with van der Waals surface area (Å²) in [5, 5.41) is 6.89. The number of rotatable bonds is 8. The van der Waals surface area contributed by atoms with E-state index >= 15 is 0 Å². The van der Waals surface area contributed by atoms with Gasteiger partial charge in [-0.05, 0) is 46.1 Å². The summed E-state index contributed by atoms with van der Waals surface area (Å²) < 4.78 is 11.6. The molecule has 0 aromatic heterocycles. The van der Waals surface area contributed by atoms with E-state index in [-0.39, 0.29) is 29.5 Å². The maximum atomic E-state index is 6.14. The van der Waals surface area contributed by atoms with Crippen LogP contribution in [0.25, 0.3) is 0 Å². The van der Waals surface area contributed by atoms with Crippen LogP contribution in [-0.2, 0) is 11.3 Å². The highest BCUT2D eigenvalue weighted by Crippen LogP contribution is 2.27. The summed E-state index contributed by atoms with van der Waals surface area (Å²) in [5.74, 6) is 1.82. The van der Waals surface area contributed by atoms with Gasteiger partial charge >= 0.3 is 0 Å². The lowest BCUT2D eigenvalue weighted by atomic mass is 9.96. The maximum Gasteiger partial charge on any atom is 0.191 e. The van der Waals surface area contributed by atoms with Crippen molar-refractivity contribution in [3.8, 4) is 5.75 Å². The molecule has 3 rings (SSSR count). The van der Waals surface area contributed by atoms with Crippen molar-refractivity contribution in [2.45, 2.75) is 58.2 Å². The molecule has 0 amide bonds. The lowest BCUT2D eigenvalue weighted by molar-refractivity contribution is -0.00834. The van der Waals surface area contributed by atoms with E-state index in [0.717, 1.165) is 56.7 Å². The molecule has 1 aromatic carbocycles. The topological polar surface area (TPSA) is 58.1 Å². The second-order valence-electron chi connectivity index (χ2n) is 8.24. The largest absolute Gasteiger partial charge is 0.490 e. The average molecular weight is 516 g/mol. The van der Waals surface area contributed by atoms with Gasteiger partial charge in [0.15, 0.2) is 5.96 Å². The molecule has 0 radical (unpaired) electrons. The highest BCUT2D eigenvalue weighted by Gasteiger charge is 2.28. The maximum absolute atomic E-state index is 6.14. The summed E-state index contributed by atoms with van der Waals surface area (Å²) in [6, 6.07) is 8.26. The molecule has 0 unspecified atom stereocenters. The molecule has 2 aliphatic rings. The Balaban J connectivity index is 0.00000300. The number of para-hydroxylation sites is 1. The van der Waals surface area contributed by atoms with Crippen LogP contribution in [0.1, 0.15) is 45.6 Å². The van der Waals surface area contributed by atoms with Gasteiger partial charge in [0.2, 0.25) is 0 Å². The third-order valence-electron chi connectivity index (χ3n) is 5.63. The Morgan fingerprint density at radius 3 is 2.59 bits per heavy atom. The van der Waals surface area contributed by atoms with Crippen molar-refractivity contribution in [2.24, 2.45) is 4.99 Å². The number of ether oxygens (including phenoxy) is 2. The standard InChI is InChI=1S/C22H36N4O2.HI/c1-4-23-21(25-17-22(2,3)26-12-14-27-15-13-26)24-16-18-8-5-6-11-20(18)28-19-9-7-10-19;/h5-6,8,11,19H,4,7,9-10,12-17H2,1-3H3,(H2,23,24,25);1H. The summed E-state index contributed by atoms with van der Waals surface area (Å²) in [6.07, 6.45) is 3.99. The molecule has 29 heavy (non-hydrogen) atoms. The van der Waals surface area contributed by atoms with Crippen LogP contribution in [0.2, 0.25) is 0 Å². The van der Waals surface area contributed by atoms with Crippen LogP contribution in [0.4, 0.5) is 0 Å². The molecule has 6 nitrogen and oxygen atoms in total. The van der Waals surface area contributed by atoms with E-state index in [2.05, 4.69) is 54.5 Å². The molecule has 7 heteroatoms. The third kappa shape index (κ3) is 7.29. The third-order valence-corrected chi connectivity index (χ3v) is 5.63. The molecule has 0 spiro atoms. The van der Waals surface area contributed by atoms with Gasteiger partial charge in [-0.3, -0.25) is 4.90 Å². The molecule has 1 saturated heterocycles. The number of halogens is 1. The van der Waals surface area contributed by atoms with Crippen LogP contribution in [0.3, 0.4) is 0 Å². The molecule has 0 bridgehead atoms. The van der Waals surface area contributed by atoms with Gasteiger partial charge in [0.1, 0.15) is 5.75 Å². The predicted molar refractivity (Wildman–Crippen MR) is 129 cm³/mol. The Kier molecular flexibility index (Phi) is 9.98. The highest BCUT2D eigenvalue weighted by molar-refractivity contribution is 14.0. The van der Waals surface area contributed by atoms with E-state index in [9.17, 15) is 0 Å². The number of benzene rings is 1. The first kappa shape index (κ1) is 24.2. The van der Waals surface area contributed by atoms with Crippen molar-refractivity contribution >= 4 is 29.9 Å². The van der Waals surface area contributed by atoms with Gasteiger partial charge in [-0.15, -0.1) is 24.0 Å². The van der Waals surface area contributed by atoms with Gasteiger partial charge in [-0.1, -0.05) is 18.2 Å². The molecule has 1 aliphatic carbocycles. The zero-order valence-electron chi connectivity index (χ0n) is 18.1. The van der Waals surface area contributed by atoms with E-state index in [1.807, 2.05) is 6.07 Å². The summed E-state index contributed by atoms with van der Waals surface area (Å²) >= 11 is 0. The van der Waals surface area contributed by atoms with Crippen molar-refractivity contribution in [1.29, 1.82) is 0 Å². The second kappa shape index (κ2) is 12.0. The first-order valence-electron chi connectivity index (χ1n) is 10.7. The smallest absolute Gasteiger partial charge is 0.191 e. The minimum atomic E-state index is 0. The van der Waals surface area contributed by atoms with E-state index in [1.165, 1.54) is 19.3 Å². The number of morpholine rings is 1. The van der Waals surface area contributed by atoms with Crippen LogP contribution in [0.5, 0.6) is 5.75 Å². The van der Waals surface area contributed by atoms with E-state index < -0.39 is 0 Å². The molecule has 164 valence electrons. The number of nitrogens with one attached hydrogen (secondary N) is 2. The fourth-order valence-corrected chi connectivity index (χ4v) is 3.50. The first-order valence-corrected chi connectivity index (χ1v) is 10.7. The monoisotopic (exact) mass is 516 g/mol. The van der Waals surface area contributed by atoms with E-state index in [0.29, 0.717) is 12.6 Å². The Morgan fingerprint density at radius 1 is 1.21 bits per heavy atom. The molecule has 1 aliphatic heterocycles. The van der Waals surface area contributed by atoms with E-state index in [1.54, 1.807) is 0 Å². The number of hydrogen-bond acceptors (Lipinski definition) is 4. The summed E-state index contributed by atoms with van der Waals surface area (Å²) in [6.45, 7) is 12.5. The van der Waals surface area contributed by atoms with Gasteiger partial charge in [-0.25, -0.2) is 4.99 Å². The Morgan fingerprint density at radius 2 is 1.93 bits per heavy atom. The highest BCUT2D eigenvalue weighted by atomic mass is 127. The van der Waals surface area contributed by atoms with Crippen LogP contribution >= 0.6 is 24.0 Å². The zero-order chi connectivity index (χ0) is 19.8.